The molecule has 1 fully saturated rings. The van der Waals surface area contributed by atoms with Gasteiger partial charge < -0.3 is 4.90 Å². The maximum atomic E-state index is 12.1. The van der Waals surface area contributed by atoms with Gasteiger partial charge in [-0.05, 0) is 25.0 Å². The number of benzene rings is 1. The summed E-state index contributed by atoms with van der Waals surface area (Å²) in [7, 11) is 0. The number of hydrogen-bond acceptors (Lipinski definition) is 2. The van der Waals surface area contributed by atoms with Gasteiger partial charge in [0.15, 0.2) is 0 Å². The van der Waals surface area contributed by atoms with Crippen molar-refractivity contribution in [3.63, 3.8) is 0 Å². The van der Waals surface area contributed by atoms with Gasteiger partial charge in [0.25, 0.3) is 0 Å². The zero-order valence-electron chi connectivity index (χ0n) is 10.6. The zero-order valence-corrected chi connectivity index (χ0v) is 10.6. The van der Waals surface area contributed by atoms with E-state index in [9.17, 15) is 4.79 Å². The molecule has 1 aromatic heterocycles. The first-order valence-corrected chi connectivity index (χ1v) is 6.49. The van der Waals surface area contributed by atoms with Crippen LogP contribution in [0.3, 0.4) is 0 Å². The summed E-state index contributed by atoms with van der Waals surface area (Å²) in [4.78, 5) is 18.1. The zero-order chi connectivity index (χ0) is 13.1. The highest BCUT2D eigenvalue weighted by Crippen LogP contribution is 2.15. The summed E-state index contributed by atoms with van der Waals surface area (Å²) in [6.45, 7) is 1.66. The van der Waals surface area contributed by atoms with E-state index >= 15 is 0 Å². The molecule has 2 aromatic rings. The summed E-state index contributed by atoms with van der Waals surface area (Å²) >= 11 is 0. The van der Waals surface area contributed by atoms with Gasteiger partial charge in [-0.15, -0.1) is 0 Å². The summed E-state index contributed by atoms with van der Waals surface area (Å²) in [6, 6.07) is 9.77. The second-order valence-corrected chi connectivity index (χ2v) is 4.58. The third-order valence-corrected chi connectivity index (χ3v) is 3.29. The van der Waals surface area contributed by atoms with Crippen LogP contribution in [0.4, 0.5) is 10.7 Å². The van der Waals surface area contributed by atoms with Crippen molar-refractivity contribution in [2.24, 2.45) is 0 Å². The molecule has 1 aromatic carbocycles. The minimum atomic E-state index is -0.0686. The Morgan fingerprint density at radius 1 is 1.16 bits per heavy atom. The molecule has 0 atom stereocenters. The molecule has 2 heterocycles. The molecular weight excluding hydrogens is 240 g/mol. The Labute approximate surface area is 111 Å². The van der Waals surface area contributed by atoms with Crippen LogP contribution < -0.4 is 5.32 Å². The summed E-state index contributed by atoms with van der Waals surface area (Å²) < 4.78 is 1.87. The molecule has 0 aliphatic carbocycles. The Balaban J connectivity index is 1.79. The maximum Gasteiger partial charge on any atom is 0.324 e. The topological polar surface area (TPSA) is 50.2 Å². The number of aromatic nitrogens is 2. The van der Waals surface area contributed by atoms with Gasteiger partial charge in [0.2, 0.25) is 5.95 Å². The van der Waals surface area contributed by atoms with Crippen LogP contribution in [0.1, 0.15) is 12.8 Å². The molecule has 1 saturated heterocycles. The minimum absolute atomic E-state index is 0.0686. The fraction of sp³-hybridized carbons (Fsp3) is 0.286. The number of carbonyl (C=O) groups excluding carboxylic acids is 1. The summed E-state index contributed by atoms with van der Waals surface area (Å²) in [5.41, 5.74) is 0.983. The highest BCUT2D eigenvalue weighted by molar-refractivity contribution is 5.88. The number of urea groups is 1. The number of nitrogens with one attached hydrogen (secondary N) is 1. The Morgan fingerprint density at radius 2 is 1.89 bits per heavy atom. The van der Waals surface area contributed by atoms with Gasteiger partial charge in [-0.1, -0.05) is 18.2 Å². The van der Waals surface area contributed by atoms with Gasteiger partial charge in [-0.2, -0.15) is 0 Å². The number of carbonyl (C=O) groups is 1. The maximum absolute atomic E-state index is 12.1. The molecule has 19 heavy (non-hydrogen) atoms. The lowest BCUT2D eigenvalue weighted by molar-refractivity contribution is 0.222. The predicted octanol–water partition coefficient (Wildman–Crippen LogP) is 2.50. The molecule has 1 N–H and O–H groups in total. The fourth-order valence-corrected chi connectivity index (χ4v) is 2.29. The lowest BCUT2D eigenvalue weighted by Crippen LogP contribution is -2.33. The smallest absolute Gasteiger partial charge is 0.324 e. The van der Waals surface area contributed by atoms with Gasteiger partial charge in [0.1, 0.15) is 0 Å². The van der Waals surface area contributed by atoms with Crippen molar-refractivity contribution >= 4 is 12.0 Å². The Morgan fingerprint density at radius 3 is 2.63 bits per heavy atom. The quantitative estimate of drug-likeness (QED) is 0.897. The monoisotopic (exact) mass is 256 g/mol. The first-order chi connectivity index (χ1) is 9.34. The van der Waals surface area contributed by atoms with Crippen molar-refractivity contribution in [2.45, 2.75) is 12.8 Å². The number of imidazole rings is 1. The Kier molecular flexibility index (Phi) is 3.18. The van der Waals surface area contributed by atoms with Crippen molar-refractivity contribution in [1.29, 1.82) is 0 Å². The van der Waals surface area contributed by atoms with E-state index in [2.05, 4.69) is 10.3 Å². The van der Waals surface area contributed by atoms with Crippen LogP contribution in [-0.4, -0.2) is 33.6 Å². The van der Waals surface area contributed by atoms with E-state index in [0.29, 0.717) is 5.95 Å². The molecule has 0 bridgehead atoms. The number of likely N-dealkylation sites (tertiary alicyclic amines) is 1. The standard InChI is InChI=1S/C14H16N4O/c19-14(17-9-4-5-10-17)16-13-15-8-11-18(13)12-6-2-1-3-7-12/h1-3,6-8,11H,4-5,9-10H2,(H,15,16,19). The third kappa shape index (κ3) is 2.45. The van der Waals surface area contributed by atoms with Crippen LogP contribution in [0.2, 0.25) is 0 Å². The molecule has 5 nitrogen and oxygen atoms in total. The normalized spacial score (nSPS) is 14.6. The van der Waals surface area contributed by atoms with Gasteiger partial charge in [0.05, 0.1) is 0 Å². The Bertz CT molecular complexity index is 558. The molecule has 98 valence electrons. The molecule has 0 saturated carbocycles. The number of hydrogen-bond donors (Lipinski definition) is 1. The third-order valence-electron chi connectivity index (χ3n) is 3.29. The largest absolute Gasteiger partial charge is 0.324 e. The number of nitrogens with zero attached hydrogens (tertiary/aromatic N) is 3. The second kappa shape index (κ2) is 5.14. The van der Waals surface area contributed by atoms with Crippen LogP contribution >= 0.6 is 0 Å². The van der Waals surface area contributed by atoms with Crippen molar-refractivity contribution in [2.75, 3.05) is 18.4 Å². The van der Waals surface area contributed by atoms with E-state index in [-0.39, 0.29) is 6.03 Å². The molecule has 3 rings (SSSR count). The second-order valence-electron chi connectivity index (χ2n) is 4.58. The average molecular weight is 256 g/mol. The molecule has 0 unspecified atom stereocenters. The fourth-order valence-electron chi connectivity index (χ4n) is 2.29. The summed E-state index contributed by atoms with van der Waals surface area (Å²) in [5, 5.41) is 2.87. The number of amides is 2. The highest BCUT2D eigenvalue weighted by Gasteiger charge is 2.19. The highest BCUT2D eigenvalue weighted by atomic mass is 16.2. The molecule has 0 spiro atoms. The van der Waals surface area contributed by atoms with Crippen LogP contribution in [0.5, 0.6) is 0 Å². The van der Waals surface area contributed by atoms with Crippen LogP contribution in [0.15, 0.2) is 42.7 Å². The van der Waals surface area contributed by atoms with Gasteiger partial charge >= 0.3 is 6.03 Å². The lowest BCUT2D eigenvalue weighted by Gasteiger charge is -2.16. The number of rotatable bonds is 2. The SMILES string of the molecule is O=C(Nc1nccn1-c1ccccc1)N1CCCC1. The van der Waals surface area contributed by atoms with Crippen LogP contribution in [0.25, 0.3) is 5.69 Å². The van der Waals surface area contributed by atoms with Crippen molar-refractivity contribution in [3.05, 3.63) is 42.7 Å². The summed E-state index contributed by atoms with van der Waals surface area (Å²) in [6.07, 6.45) is 5.70. The molecule has 1 aliphatic heterocycles. The molecule has 5 heteroatoms. The average Bonchev–Trinajstić information content (AvgIpc) is 3.11. The molecular formula is C14H16N4O. The van der Waals surface area contributed by atoms with Gasteiger partial charge in [-0.3, -0.25) is 9.88 Å². The first kappa shape index (κ1) is 11.8. The first-order valence-electron chi connectivity index (χ1n) is 6.49. The van der Waals surface area contributed by atoms with E-state index < -0.39 is 0 Å². The van der Waals surface area contributed by atoms with E-state index in [0.717, 1.165) is 31.6 Å². The van der Waals surface area contributed by atoms with Gasteiger partial charge in [-0.25, -0.2) is 9.78 Å². The molecule has 1 aliphatic rings. The lowest BCUT2D eigenvalue weighted by atomic mass is 10.3. The predicted molar refractivity (Wildman–Crippen MR) is 73.4 cm³/mol. The van der Waals surface area contributed by atoms with Crippen LogP contribution in [-0.2, 0) is 0 Å². The Hall–Kier alpha value is -2.30. The van der Waals surface area contributed by atoms with Crippen molar-refractivity contribution in [3.8, 4) is 5.69 Å². The number of para-hydroxylation sites is 1. The number of anilines is 1. The van der Waals surface area contributed by atoms with E-state index in [1.807, 2.05) is 46.0 Å². The minimum Gasteiger partial charge on any atom is -0.324 e. The van der Waals surface area contributed by atoms with E-state index in [4.69, 9.17) is 0 Å². The van der Waals surface area contributed by atoms with Crippen LogP contribution in [0, 0.1) is 0 Å². The molecule has 2 amide bonds. The van der Waals surface area contributed by atoms with Crippen molar-refractivity contribution in [1.82, 2.24) is 14.5 Å². The van der Waals surface area contributed by atoms with E-state index in [1.165, 1.54) is 0 Å². The summed E-state index contributed by atoms with van der Waals surface area (Å²) in [5.74, 6) is 0.558. The van der Waals surface area contributed by atoms with Crippen molar-refractivity contribution < 1.29 is 4.79 Å². The molecule has 0 radical (unpaired) electrons. The van der Waals surface area contributed by atoms with Gasteiger partial charge in [0, 0.05) is 31.2 Å². The van der Waals surface area contributed by atoms with E-state index in [1.54, 1.807) is 6.20 Å².